The average Bonchev–Trinajstić information content (AvgIpc) is 3.28. The molecule has 2 aliphatic heterocycles. The van der Waals surface area contributed by atoms with Gasteiger partial charge in [0, 0.05) is 35.7 Å². The van der Waals surface area contributed by atoms with Crippen LogP contribution in [0, 0.1) is 17.8 Å². The van der Waals surface area contributed by atoms with Crippen LogP contribution in [0.2, 0.25) is 0 Å². The summed E-state index contributed by atoms with van der Waals surface area (Å²) in [5.74, 6) is -0.866. The van der Waals surface area contributed by atoms with Crippen molar-refractivity contribution in [3.8, 4) is 0 Å². The van der Waals surface area contributed by atoms with E-state index in [0.29, 0.717) is 32.5 Å². The summed E-state index contributed by atoms with van der Waals surface area (Å²) < 4.78 is 53.9. The van der Waals surface area contributed by atoms with E-state index < -0.39 is 25.0 Å². The zero-order valence-corrected chi connectivity index (χ0v) is 24.8. The fourth-order valence-corrected chi connectivity index (χ4v) is 6.10. The fraction of sp³-hybridized carbons (Fsp3) is 0.848. The van der Waals surface area contributed by atoms with Gasteiger partial charge in [-0.2, -0.15) is 0 Å². The van der Waals surface area contributed by atoms with E-state index in [0.717, 1.165) is 77.0 Å². The second-order valence-electron chi connectivity index (χ2n) is 11.7. The van der Waals surface area contributed by atoms with Crippen LogP contribution >= 0.6 is 0 Å². The number of unbranched alkanes of at least 4 members (excludes halogenated alkanes) is 3. The molecule has 1 N–H and O–H groups in total. The number of ether oxygens (including phenoxy) is 5. The Labute approximate surface area is 247 Å². The van der Waals surface area contributed by atoms with Gasteiger partial charge in [0.05, 0.1) is 25.4 Å². The van der Waals surface area contributed by atoms with Crippen molar-refractivity contribution < 1.29 is 37.7 Å². The molecule has 3 fully saturated rings. The summed E-state index contributed by atoms with van der Waals surface area (Å²) in [5, 5.41) is 11.2. The number of hydrogen-bond donors (Lipinski definition) is 1. The van der Waals surface area contributed by atoms with Gasteiger partial charge in [-0.05, 0) is 76.0 Å². The molecule has 1 saturated carbocycles. The first-order chi connectivity index (χ1) is 20.7. The number of aliphatic hydroxyl groups is 1. The Hall–Kier alpha value is -1.25. The Morgan fingerprint density at radius 1 is 1.10 bits per heavy atom. The maximum absolute atomic E-state index is 11.3. The fourth-order valence-electron chi connectivity index (χ4n) is 6.10. The molecule has 0 aromatic rings. The number of methoxy groups -OCH3 is 1. The van der Waals surface area contributed by atoms with Crippen LogP contribution in [0.5, 0.6) is 0 Å². The van der Waals surface area contributed by atoms with Gasteiger partial charge in [-0.25, -0.2) is 4.79 Å². The van der Waals surface area contributed by atoms with Crippen LogP contribution < -0.4 is 0 Å². The van der Waals surface area contributed by atoms with Gasteiger partial charge in [-0.1, -0.05) is 57.7 Å². The van der Waals surface area contributed by atoms with Gasteiger partial charge < -0.3 is 28.8 Å². The van der Waals surface area contributed by atoms with Gasteiger partial charge in [-0.3, -0.25) is 0 Å². The lowest BCUT2D eigenvalue weighted by Gasteiger charge is -2.30. The molecule has 0 bridgehead atoms. The molecule has 0 aromatic carbocycles. The second-order valence-corrected chi connectivity index (χ2v) is 11.7. The molecule has 1 aliphatic carbocycles. The van der Waals surface area contributed by atoms with Crippen LogP contribution in [0.3, 0.4) is 0 Å². The van der Waals surface area contributed by atoms with E-state index in [1.54, 1.807) is 0 Å². The average molecular weight is 568 g/mol. The number of rotatable bonds is 17. The lowest BCUT2D eigenvalue weighted by Crippen LogP contribution is -2.31. The van der Waals surface area contributed by atoms with Gasteiger partial charge in [0.15, 0.2) is 12.6 Å². The molecular formula is C33H56O7. The molecule has 40 heavy (non-hydrogen) atoms. The van der Waals surface area contributed by atoms with E-state index in [9.17, 15) is 9.90 Å². The Morgan fingerprint density at radius 2 is 1.88 bits per heavy atom. The number of esters is 1. The summed E-state index contributed by atoms with van der Waals surface area (Å²) in [4.78, 5) is 11.3. The van der Waals surface area contributed by atoms with Crippen molar-refractivity contribution in [3.05, 3.63) is 24.3 Å². The van der Waals surface area contributed by atoms with Crippen LogP contribution in [-0.2, 0) is 28.5 Å². The molecule has 7 heteroatoms. The predicted octanol–water partition coefficient (Wildman–Crippen LogP) is 6.87. The highest BCUT2D eigenvalue weighted by Gasteiger charge is 2.42. The highest BCUT2D eigenvalue weighted by atomic mass is 16.7. The minimum Gasteiger partial charge on any atom is -0.466 e. The van der Waals surface area contributed by atoms with E-state index in [4.69, 9.17) is 23.1 Å². The Balaban J connectivity index is 1.75. The van der Waals surface area contributed by atoms with Crippen molar-refractivity contribution in [2.75, 3.05) is 20.3 Å². The molecule has 230 valence electrons. The lowest BCUT2D eigenvalue weighted by molar-refractivity contribution is -0.193. The smallest absolute Gasteiger partial charge is 0.330 e. The first kappa shape index (κ1) is 28.9. The maximum Gasteiger partial charge on any atom is 0.330 e. The van der Waals surface area contributed by atoms with Crippen molar-refractivity contribution in [2.45, 2.75) is 141 Å². The minimum absolute atomic E-state index is 0.000452. The van der Waals surface area contributed by atoms with E-state index in [1.807, 2.05) is 12.2 Å². The quantitative estimate of drug-likeness (QED) is 0.0889. The summed E-state index contributed by atoms with van der Waals surface area (Å²) in [6, 6.07) is 0. The third kappa shape index (κ3) is 11.9. The molecule has 2 heterocycles. The van der Waals surface area contributed by atoms with Crippen molar-refractivity contribution in [1.82, 2.24) is 0 Å². The highest BCUT2D eigenvalue weighted by Crippen LogP contribution is 2.40. The minimum atomic E-state index is -2.06. The summed E-state index contributed by atoms with van der Waals surface area (Å²) in [6.45, 7) is 1.37. The third-order valence-electron chi connectivity index (χ3n) is 8.40. The topological polar surface area (TPSA) is 83.5 Å². The first-order valence-corrected chi connectivity index (χ1v) is 15.9. The second kappa shape index (κ2) is 19.0. The molecule has 2 saturated heterocycles. The third-order valence-corrected chi connectivity index (χ3v) is 8.40. The van der Waals surface area contributed by atoms with Crippen LogP contribution in [0.15, 0.2) is 24.3 Å². The van der Waals surface area contributed by atoms with E-state index in [-0.39, 0.29) is 36.5 Å². The highest BCUT2D eigenvalue weighted by molar-refractivity contribution is 5.81. The Morgan fingerprint density at radius 3 is 2.55 bits per heavy atom. The first-order valence-electron chi connectivity index (χ1n) is 17.4. The van der Waals surface area contributed by atoms with Crippen LogP contribution in [0.4, 0.5) is 0 Å². The van der Waals surface area contributed by atoms with Gasteiger partial charge in [0.25, 0.3) is 0 Å². The number of allylic oxidation sites excluding steroid dienone is 1. The van der Waals surface area contributed by atoms with Gasteiger partial charge in [0.2, 0.25) is 0 Å². The molecule has 0 radical (unpaired) electrons. The van der Waals surface area contributed by atoms with Crippen molar-refractivity contribution in [3.63, 3.8) is 0 Å². The normalized spacial score (nSPS) is 32.5. The van der Waals surface area contributed by atoms with Crippen molar-refractivity contribution in [2.24, 2.45) is 17.8 Å². The molecule has 0 aromatic heterocycles. The zero-order valence-electron chi connectivity index (χ0n) is 27.8. The van der Waals surface area contributed by atoms with E-state index >= 15 is 0 Å². The molecule has 8 atom stereocenters. The number of carbonyl (C=O) groups excluding carboxylic acids is 1. The van der Waals surface area contributed by atoms with Crippen LogP contribution in [0.25, 0.3) is 0 Å². The molecule has 0 amide bonds. The molecule has 0 spiro atoms. The molecule has 3 aliphatic rings. The van der Waals surface area contributed by atoms with Gasteiger partial charge in [-0.15, -0.1) is 0 Å². The van der Waals surface area contributed by atoms with Crippen LogP contribution in [0.1, 0.15) is 114 Å². The standard InChI is InChI=1S/C33H56O7/c1-4-5-14-25(2)23-26(39-32-17-10-12-21-37-32)19-20-28-27(15-8-6-7-9-16-31(35)36-3)29(34)24-30(28)40-33-18-11-13-22-38-33/h9,16,19-20,25-30,32-34H,4-8,10-15,17-18,21-24H2,1-3H3/b16-9+,20-19+/t25-,26+,27+,28+,29-,30+,32?,33?/m0/s1/i2D3. The summed E-state index contributed by atoms with van der Waals surface area (Å²) in [7, 11) is 1.37. The van der Waals surface area contributed by atoms with Gasteiger partial charge >= 0.3 is 5.97 Å². The van der Waals surface area contributed by atoms with Gasteiger partial charge in [0.1, 0.15) is 0 Å². The molecule has 3 rings (SSSR count). The molecule has 7 nitrogen and oxygen atoms in total. The monoisotopic (exact) mass is 567 g/mol. The number of hydrogen-bond acceptors (Lipinski definition) is 7. The predicted molar refractivity (Wildman–Crippen MR) is 157 cm³/mol. The summed E-state index contributed by atoms with van der Waals surface area (Å²) in [5.41, 5.74) is 0. The van der Waals surface area contributed by atoms with E-state index in [1.165, 1.54) is 13.2 Å². The van der Waals surface area contributed by atoms with Crippen LogP contribution in [-0.4, -0.2) is 62.3 Å². The van der Waals surface area contributed by atoms with E-state index in [2.05, 4.69) is 17.7 Å². The number of aliphatic hydroxyl groups excluding tert-OH is 1. The maximum atomic E-state index is 11.3. The Kier molecular flexibility index (Phi) is 13.7. The summed E-state index contributed by atoms with van der Waals surface area (Å²) in [6.07, 6.45) is 18.3. The largest absolute Gasteiger partial charge is 0.466 e. The zero-order chi connectivity index (χ0) is 31.1. The Bertz CT molecular complexity index is 837. The lowest BCUT2D eigenvalue weighted by atomic mass is 9.87. The summed E-state index contributed by atoms with van der Waals surface area (Å²) >= 11 is 0. The number of carbonyl (C=O) groups is 1. The molecule has 2 unspecified atom stereocenters. The molecular weight excluding hydrogens is 508 g/mol. The van der Waals surface area contributed by atoms with Crippen molar-refractivity contribution in [1.29, 1.82) is 0 Å². The van der Waals surface area contributed by atoms with Crippen molar-refractivity contribution >= 4 is 5.97 Å². The SMILES string of the molecule is [2H]C([2H])([2H])[C@@H](CCCC)C[C@@H](/C=C/[C@@H]1[C@@H](CCCC/C=C/C(=O)OC)[C@@H](O)C[C@H]1OC1CCCCO1)OC1CCCCO1.